The summed E-state index contributed by atoms with van der Waals surface area (Å²) in [7, 11) is 1.58. The predicted octanol–water partition coefficient (Wildman–Crippen LogP) is 3.86. The lowest BCUT2D eigenvalue weighted by atomic mass is 9.69. The maximum absolute atomic E-state index is 13.8. The molecule has 4 amide bonds. The lowest BCUT2D eigenvalue weighted by Gasteiger charge is -2.44. The number of nitrogens with one attached hydrogen (secondary N) is 3. The maximum atomic E-state index is 13.8. The number of Topliss-reactive ketones (excluding diaryl/α,β-unsaturated/α-hetero) is 4. The molecule has 2 fully saturated rings. The maximum Gasteiger partial charge on any atom is 0.302 e. The molecule has 0 aromatic rings. The zero-order valence-electron chi connectivity index (χ0n) is 53.0. The van der Waals surface area contributed by atoms with Crippen molar-refractivity contribution in [3.05, 3.63) is 0 Å². The van der Waals surface area contributed by atoms with Crippen LogP contribution in [-0.2, 0) is 95.3 Å². The summed E-state index contributed by atoms with van der Waals surface area (Å²) in [6, 6.07) is -0.839. The highest BCUT2D eigenvalue weighted by Gasteiger charge is 2.53. The zero-order valence-corrected chi connectivity index (χ0v) is 53.0. The van der Waals surface area contributed by atoms with Crippen molar-refractivity contribution >= 4 is 58.7 Å². The standard InChI is InChI=1S/C61H104N4O21/c1-10-78-30-12-15-48(70)22-26-61(27-23-49(71)16-13-31-79-11-2,64-54(75)21-19-51(73)18-20-53(74)62-29-25-55(76)65-40-59(7,42-66)60(8,41-65)43-77-9)28-24-50(72)17-14-32-80-33-34-81-35-36-82-37-38-83-58-56(63-45(4)67)57(85-47(6)69)44(3)52(86-58)39-84-46(5)68/h44,52,56-58,66H,10-43H2,1-9H3,(H,62,74)(H,63,67)(H,64,75)/t44-,52+,56+,57-,58?,59+,60-/m0/s1. The molecule has 1 unspecified atom stereocenters. The fraction of sp³-hybridized carbons (Fsp3) is 0.836. The molecular formula is C61H104N4O21. The van der Waals surface area contributed by atoms with Gasteiger partial charge in [-0.05, 0) is 52.4 Å². The summed E-state index contributed by atoms with van der Waals surface area (Å²) in [5.41, 5.74) is -2.12. The average molecular weight is 1230 g/mol. The van der Waals surface area contributed by atoms with Gasteiger partial charge in [0.1, 0.15) is 48.0 Å². The van der Waals surface area contributed by atoms with Gasteiger partial charge in [-0.25, -0.2) is 0 Å². The largest absolute Gasteiger partial charge is 0.463 e. The van der Waals surface area contributed by atoms with Crippen LogP contribution >= 0.6 is 0 Å². The van der Waals surface area contributed by atoms with Crippen LogP contribution in [0.4, 0.5) is 0 Å². The number of esters is 2. The van der Waals surface area contributed by atoms with E-state index in [-0.39, 0.29) is 191 Å². The molecule has 0 aromatic heterocycles. The molecule has 25 heteroatoms. The quantitative estimate of drug-likeness (QED) is 0.0496. The molecule has 2 saturated heterocycles. The van der Waals surface area contributed by atoms with Crippen LogP contribution in [0.1, 0.15) is 165 Å². The molecule has 25 nitrogen and oxygen atoms in total. The molecule has 2 rings (SSSR count). The topological polar surface area (TPSA) is 323 Å². The Morgan fingerprint density at radius 3 is 1.58 bits per heavy atom. The molecule has 4 N–H and O–H groups in total. The molecule has 2 heterocycles. The molecule has 86 heavy (non-hydrogen) atoms. The third kappa shape index (κ3) is 30.9. The summed E-state index contributed by atoms with van der Waals surface area (Å²) >= 11 is 0. The smallest absolute Gasteiger partial charge is 0.302 e. The van der Waals surface area contributed by atoms with Crippen LogP contribution < -0.4 is 16.0 Å². The van der Waals surface area contributed by atoms with E-state index >= 15 is 0 Å². The van der Waals surface area contributed by atoms with Gasteiger partial charge in [0.05, 0.1) is 52.9 Å². The minimum Gasteiger partial charge on any atom is -0.463 e. The minimum atomic E-state index is -1.12. The lowest BCUT2D eigenvalue weighted by molar-refractivity contribution is -0.262. The Morgan fingerprint density at radius 2 is 1.09 bits per heavy atom. The molecule has 0 radical (unpaired) electrons. The molecule has 494 valence electrons. The third-order valence-corrected chi connectivity index (χ3v) is 15.8. The minimum absolute atomic E-state index is 0.0408. The van der Waals surface area contributed by atoms with Crippen LogP contribution in [0, 0.1) is 16.7 Å². The summed E-state index contributed by atoms with van der Waals surface area (Å²) in [6.45, 7) is 17.5. The molecule has 0 aliphatic carbocycles. The first-order valence-corrected chi connectivity index (χ1v) is 30.7. The summed E-state index contributed by atoms with van der Waals surface area (Å²) in [5.74, 6) is -3.50. The molecule has 0 aromatic carbocycles. The Kier molecular flexibility index (Phi) is 38.5. The Bertz CT molecular complexity index is 2070. The van der Waals surface area contributed by atoms with Crippen molar-refractivity contribution in [1.29, 1.82) is 0 Å². The van der Waals surface area contributed by atoms with Crippen LogP contribution in [0.2, 0.25) is 0 Å². The van der Waals surface area contributed by atoms with E-state index in [4.69, 9.17) is 47.4 Å². The number of ketones is 4. The average Bonchev–Trinajstić information content (AvgIpc) is 1.91. The summed E-state index contributed by atoms with van der Waals surface area (Å²) < 4.78 is 55.9. The number of rotatable bonds is 50. The fourth-order valence-electron chi connectivity index (χ4n) is 10.4. The van der Waals surface area contributed by atoms with Gasteiger partial charge in [0, 0.05) is 173 Å². The van der Waals surface area contributed by atoms with Crippen LogP contribution in [0.5, 0.6) is 0 Å². The van der Waals surface area contributed by atoms with E-state index in [1.165, 1.54) is 20.8 Å². The van der Waals surface area contributed by atoms with E-state index < -0.39 is 70.6 Å². The highest BCUT2D eigenvalue weighted by Crippen LogP contribution is 2.46. The first-order chi connectivity index (χ1) is 41.0. The Labute approximate surface area is 509 Å². The number of aliphatic hydroxyl groups excluding tert-OH is 1. The molecule has 0 bridgehead atoms. The van der Waals surface area contributed by atoms with Crippen molar-refractivity contribution < 1.29 is 100 Å². The molecular weight excluding hydrogens is 1120 g/mol. The number of hydrogen-bond donors (Lipinski definition) is 4. The van der Waals surface area contributed by atoms with Crippen molar-refractivity contribution in [3.8, 4) is 0 Å². The van der Waals surface area contributed by atoms with Gasteiger partial charge in [0.2, 0.25) is 23.6 Å². The molecule has 2 aliphatic rings. The van der Waals surface area contributed by atoms with Gasteiger partial charge in [0.25, 0.3) is 0 Å². The van der Waals surface area contributed by atoms with Gasteiger partial charge in [0.15, 0.2) is 6.29 Å². The van der Waals surface area contributed by atoms with E-state index in [1.807, 2.05) is 27.7 Å². The second-order valence-corrected chi connectivity index (χ2v) is 23.0. The van der Waals surface area contributed by atoms with Crippen LogP contribution in [0.15, 0.2) is 0 Å². The fourth-order valence-corrected chi connectivity index (χ4v) is 10.4. The normalized spacial score (nSPS) is 21.1. The van der Waals surface area contributed by atoms with Crippen molar-refractivity contribution in [2.24, 2.45) is 16.7 Å². The van der Waals surface area contributed by atoms with Crippen LogP contribution in [0.3, 0.4) is 0 Å². The zero-order chi connectivity index (χ0) is 64.0. The van der Waals surface area contributed by atoms with Crippen molar-refractivity contribution in [1.82, 2.24) is 20.9 Å². The number of nitrogens with zero attached hydrogens (tertiary/aromatic N) is 1. The summed E-state index contributed by atoms with van der Waals surface area (Å²) in [5, 5.41) is 18.6. The third-order valence-electron chi connectivity index (χ3n) is 15.8. The molecule has 0 saturated carbocycles. The number of carbonyl (C=O) groups is 10. The Balaban J connectivity index is 1.92. The van der Waals surface area contributed by atoms with E-state index in [2.05, 4.69) is 16.0 Å². The Hall–Kier alpha value is -4.86. The van der Waals surface area contributed by atoms with Gasteiger partial charge in [-0.15, -0.1) is 0 Å². The molecule has 0 spiro atoms. The number of aliphatic hydroxyl groups is 1. The van der Waals surface area contributed by atoms with E-state index in [1.54, 1.807) is 18.9 Å². The molecule has 7 atom stereocenters. The van der Waals surface area contributed by atoms with Crippen molar-refractivity contribution in [2.45, 2.75) is 195 Å². The number of hydrogen-bond acceptors (Lipinski definition) is 21. The van der Waals surface area contributed by atoms with E-state index in [9.17, 15) is 53.1 Å². The van der Waals surface area contributed by atoms with Gasteiger partial charge < -0.3 is 73.3 Å². The van der Waals surface area contributed by atoms with Gasteiger partial charge in [-0.1, -0.05) is 20.8 Å². The van der Waals surface area contributed by atoms with Gasteiger partial charge in [-0.2, -0.15) is 0 Å². The first kappa shape index (κ1) is 77.2. The number of likely N-dealkylation sites (tertiary alicyclic amines) is 1. The summed E-state index contributed by atoms with van der Waals surface area (Å²) in [4.78, 5) is 130. The van der Waals surface area contributed by atoms with E-state index in [0.29, 0.717) is 65.4 Å². The second kappa shape index (κ2) is 42.9. The molecule has 2 aliphatic heterocycles. The Morgan fingerprint density at radius 1 is 0.605 bits per heavy atom. The summed E-state index contributed by atoms with van der Waals surface area (Å²) in [6.07, 6.45) is -0.303. The SMILES string of the molecule is CCOCCCC(=O)CCC(CCC(=O)CCCOCC)(CCC(=O)CCCOCCOCCOCCOC1O[C@H](COC(C)=O)[C@H](C)[C@H](OC(C)=O)[C@H]1NC(C)=O)NC(=O)CCC(=O)CCC(=O)NCCC(=O)N1C[C@](C)(CO)[C@](C)(COC)C1. The second-order valence-electron chi connectivity index (χ2n) is 23.0. The number of amides is 4. The van der Waals surface area contributed by atoms with Gasteiger partial charge >= 0.3 is 11.9 Å². The van der Waals surface area contributed by atoms with Crippen LogP contribution in [-0.4, -0.2) is 218 Å². The number of methoxy groups -OCH3 is 1. The lowest BCUT2D eigenvalue weighted by Crippen LogP contribution is -2.63. The highest BCUT2D eigenvalue weighted by atomic mass is 16.7. The number of carbonyl (C=O) groups excluding carboxylic acids is 10. The van der Waals surface area contributed by atoms with Crippen molar-refractivity contribution in [2.75, 3.05) is 119 Å². The number of ether oxygens (including phenoxy) is 10. The van der Waals surface area contributed by atoms with Crippen LogP contribution in [0.25, 0.3) is 0 Å². The van der Waals surface area contributed by atoms with Gasteiger partial charge in [-0.3, -0.25) is 47.9 Å². The first-order valence-electron chi connectivity index (χ1n) is 30.7. The predicted molar refractivity (Wildman–Crippen MR) is 313 cm³/mol. The highest BCUT2D eigenvalue weighted by molar-refractivity contribution is 5.88. The van der Waals surface area contributed by atoms with E-state index in [0.717, 1.165) is 0 Å². The monoisotopic (exact) mass is 1230 g/mol. The van der Waals surface area contributed by atoms with Crippen molar-refractivity contribution in [3.63, 3.8) is 0 Å².